The van der Waals surface area contributed by atoms with E-state index in [2.05, 4.69) is 5.32 Å². The number of hydrogen-bond donors (Lipinski definition) is 1. The van der Waals surface area contributed by atoms with Gasteiger partial charge in [-0.3, -0.25) is 9.59 Å². The summed E-state index contributed by atoms with van der Waals surface area (Å²) in [5.74, 6) is 1.31. The van der Waals surface area contributed by atoms with E-state index in [1.165, 1.54) is 11.3 Å². The number of para-hydroxylation sites is 1. The molecule has 1 N–H and O–H groups in total. The Hall–Kier alpha value is -3.32. The number of ether oxygens (including phenoxy) is 2. The third-order valence-corrected chi connectivity index (χ3v) is 6.52. The molecule has 0 aliphatic rings. The number of rotatable bonds is 7. The summed E-state index contributed by atoms with van der Waals surface area (Å²) in [6, 6.07) is 15.1. The van der Waals surface area contributed by atoms with E-state index in [9.17, 15) is 9.59 Å². The molecule has 2 aromatic heterocycles. The summed E-state index contributed by atoms with van der Waals surface area (Å²) in [5, 5.41) is 4.54. The monoisotopic (exact) mass is 436 g/mol. The minimum atomic E-state index is -0.186. The van der Waals surface area contributed by atoms with Crippen molar-refractivity contribution in [1.29, 1.82) is 0 Å². The Morgan fingerprint density at radius 2 is 1.87 bits per heavy atom. The first-order chi connectivity index (χ1) is 15.1. The molecule has 0 radical (unpaired) electrons. The number of fused-ring (bicyclic) bond motifs is 3. The van der Waals surface area contributed by atoms with Crippen LogP contribution in [-0.2, 0) is 13.0 Å². The number of nitrogens with zero attached hydrogens (tertiary/aromatic N) is 1. The summed E-state index contributed by atoms with van der Waals surface area (Å²) in [5.41, 5.74) is 1.78. The fourth-order valence-electron chi connectivity index (χ4n) is 3.81. The topological polar surface area (TPSA) is 69.6 Å². The molecular formula is C24H24N2O4S. The fourth-order valence-corrected chi connectivity index (χ4v) is 4.91. The first kappa shape index (κ1) is 20.9. The van der Waals surface area contributed by atoms with Gasteiger partial charge in [0, 0.05) is 23.2 Å². The van der Waals surface area contributed by atoms with Crippen molar-refractivity contribution in [3.05, 3.63) is 69.3 Å². The van der Waals surface area contributed by atoms with Gasteiger partial charge in [-0.05, 0) is 49.2 Å². The van der Waals surface area contributed by atoms with Gasteiger partial charge in [0.1, 0.15) is 11.5 Å². The molecule has 4 rings (SSSR count). The number of thiophene rings is 1. The van der Waals surface area contributed by atoms with Gasteiger partial charge in [0.25, 0.3) is 11.5 Å². The summed E-state index contributed by atoms with van der Waals surface area (Å²) in [7, 11) is 3.24. The molecule has 0 spiro atoms. The van der Waals surface area contributed by atoms with Crippen molar-refractivity contribution in [2.45, 2.75) is 19.9 Å². The molecule has 0 saturated carbocycles. The minimum absolute atomic E-state index is 0.0624. The molecule has 1 amide bonds. The zero-order valence-corrected chi connectivity index (χ0v) is 18.5. The van der Waals surface area contributed by atoms with Crippen molar-refractivity contribution in [2.24, 2.45) is 0 Å². The van der Waals surface area contributed by atoms with Gasteiger partial charge in [0.2, 0.25) is 0 Å². The van der Waals surface area contributed by atoms with E-state index in [0.29, 0.717) is 29.8 Å². The molecule has 2 heterocycles. The summed E-state index contributed by atoms with van der Waals surface area (Å²) < 4.78 is 13.3. The summed E-state index contributed by atoms with van der Waals surface area (Å²) in [6.45, 7) is 2.97. The predicted molar refractivity (Wildman–Crippen MR) is 125 cm³/mol. The third-order valence-electron chi connectivity index (χ3n) is 5.35. The second-order valence-electron chi connectivity index (χ2n) is 7.10. The van der Waals surface area contributed by atoms with Crippen LogP contribution in [0.5, 0.6) is 11.5 Å². The molecule has 160 valence electrons. The zero-order valence-electron chi connectivity index (χ0n) is 17.7. The molecule has 0 unspecified atom stereocenters. The number of aromatic nitrogens is 1. The maximum absolute atomic E-state index is 13.0. The van der Waals surface area contributed by atoms with Crippen molar-refractivity contribution in [3.63, 3.8) is 0 Å². The van der Waals surface area contributed by atoms with E-state index in [4.69, 9.17) is 9.47 Å². The second kappa shape index (κ2) is 8.81. The van der Waals surface area contributed by atoms with Crippen molar-refractivity contribution in [2.75, 3.05) is 20.8 Å². The molecule has 31 heavy (non-hydrogen) atoms. The molecule has 4 aromatic rings. The van der Waals surface area contributed by atoms with Crippen LogP contribution in [0, 0.1) is 0 Å². The van der Waals surface area contributed by atoms with Crippen LogP contribution in [0.15, 0.2) is 53.3 Å². The lowest BCUT2D eigenvalue weighted by atomic mass is 10.1. The highest BCUT2D eigenvalue weighted by atomic mass is 32.1. The van der Waals surface area contributed by atoms with Crippen LogP contribution in [-0.4, -0.2) is 31.2 Å². The smallest absolute Gasteiger partial charge is 0.261 e. The first-order valence-corrected chi connectivity index (χ1v) is 10.9. The highest BCUT2D eigenvalue weighted by molar-refractivity contribution is 7.21. The van der Waals surface area contributed by atoms with Crippen molar-refractivity contribution >= 4 is 38.2 Å². The van der Waals surface area contributed by atoms with Crippen LogP contribution in [0.25, 0.3) is 21.0 Å². The molecule has 0 aliphatic carbocycles. The first-order valence-electron chi connectivity index (χ1n) is 10.1. The largest absolute Gasteiger partial charge is 0.497 e. The lowest BCUT2D eigenvalue weighted by molar-refractivity contribution is 0.0958. The summed E-state index contributed by atoms with van der Waals surface area (Å²) in [6.07, 6.45) is 0.600. The molecule has 0 saturated heterocycles. The number of nitrogens with one attached hydrogen (secondary N) is 1. The van der Waals surface area contributed by atoms with E-state index >= 15 is 0 Å². The van der Waals surface area contributed by atoms with Gasteiger partial charge in [0.05, 0.1) is 30.0 Å². The molecule has 0 fully saturated rings. The van der Waals surface area contributed by atoms with Crippen molar-refractivity contribution < 1.29 is 14.3 Å². The van der Waals surface area contributed by atoms with Crippen LogP contribution in [0.1, 0.15) is 22.2 Å². The highest BCUT2D eigenvalue weighted by Gasteiger charge is 2.17. The average Bonchev–Trinajstić information content (AvgIpc) is 3.25. The zero-order chi connectivity index (χ0) is 22.0. The molecular weight excluding hydrogens is 412 g/mol. The van der Waals surface area contributed by atoms with Gasteiger partial charge in [-0.15, -0.1) is 11.3 Å². The van der Waals surface area contributed by atoms with Crippen LogP contribution < -0.4 is 20.3 Å². The van der Waals surface area contributed by atoms with Crippen LogP contribution >= 0.6 is 11.3 Å². The number of benzene rings is 2. The van der Waals surface area contributed by atoms with Crippen LogP contribution in [0.4, 0.5) is 0 Å². The second-order valence-corrected chi connectivity index (χ2v) is 8.16. The average molecular weight is 437 g/mol. The third kappa shape index (κ3) is 3.88. The summed E-state index contributed by atoms with van der Waals surface area (Å²) >= 11 is 1.36. The van der Waals surface area contributed by atoms with Gasteiger partial charge in [-0.2, -0.15) is 0 Å². The van der Waals surface area contributed by atoms with Crippen molar-refractivity contribution in [1.82, 2.24) is 9.88 Å². The van der Waals surface area contributed by atoms with Gasteiger partial charge in [0.15, 0.2) is 0 Å². The molecule has 6 nitrogen and oxygen atoms in total. The van der Waals surface area contributed by atoms with E-state index in [0.717, 1.165) is 32.7 Å². The van der Waals surface area contributed by atoms with E-state index in [1.54, 1.807) is 24.9 Å². The molecule has 7 heteroatoms. The van der Waals surface area contributed by atoms with Gasteiger partial charge < -0.3 is 19.4 Å². The van der Waals surface area contributed by atoms with Gasteiger partial charge in [-0.25, -0.2) is 0 Å². The Kier molecular flexibility index (Phi) is 5.95. The van der Waals surface area contributed by atoms with Gasteiger partial charge in [-0.1, -0.05) is 18.2 Å². The Morgan fingerprint density at radius 3 is 2.61 bits per heavy atom. The Bertz CT molecular complexity index is 1320. The minimum Gasteiger partial charge on any atom is -0.497 e. The SMILES string of the molecule is CCn1c(=O)c2cc(C(=O)NCCc3cc(OC)ccc3OC)sc2c2ccccc21. The maximum atomic E-state index is 13.0. The number of aryl methyl sites for hydroxylation is 1. The highest BCUT2D eigenvalue weighted by Crippen LogP contribution is 2.30. The molecule has 0 atom stereocenters. The lowest BCUT2D eigenvalue weighted by Gasteiger charge is -2.10. The predicted octanol–water partition coefficient (Wildman–Crippen LogP) is 4.23. The molecule has 0 aliphatic heterocycles. The van der Waals surface area contributed by atoms with E-state index < -0.39 is 0 Å². The van der Waals surface area contributed by atoms with Gasteiger partial charge >= 0.3 is 0 Å². The molecule has 0 bridgehead atoms. The Morgan fingerprint density at radius 1 is 1.06 bits per heavy atom. The maximum Gasteiger partial charge on any atom is 0.261 e. The normalized spacial score (nSPS) is 11.1. The van der Waals surface area contributed by atoms with Crippen LogP contribution in [0.2, 0.25) is 0 Å². The number of amides is 1. The van der Waals surface area contributed by atoms with Crippen LogP contribution in [0.3, 0.4) is 0 Å². The summed E-state index contributed by atoms with van der Waals surface area (Å²) in [4.78, 5) is 26.3. The Balaban J connectivity index is 1.59. The van der Waals surface area contributed by atoms with Crippen molar-refractivity contribution in [3.8, 4) is 11.5 Å². The number of methoxy groups -OCH3 is 2. The number of hydrogen-bond acceptors (Lipinski definition) is 5. The lowest BCUT2D eigenvalue weighted by Crippen LogP contribution is -2.25. The Labute approximate surface area is 184 Å². The quantitative estimate of drug-likeness (QED) is 0.471. The fraction of sp³-hybridized carbons (Fsp3) is 0.250. The number of carbonyl (C=O) groups is 1. The molecule has 2 aromatic carbocycles. The number of carbonyl (C=O) groups excluding carboxylic acids is 1. The van der Waals surface area contributed by atoms with E-state index in [1.807, 2.05) is 49.4 Å². The standard InChI is InChI=1S/C24H24N2O4S/c1-4-26-19-8-6-5-7-17(19)22-18(24(26)28)14-21(31-22)23(27)25-12-11-15-13-16(29-2)9-10-20(15)30-3/h5-10,13-14H,4,11-12H2,1-3H3,(H,25,27). The van der Waals surface area contributed by atoms with E-state index in [-0.39, 0.29) is 11.5 Å². The number of pyridine rings is 1.